The van der Waals surface area contributed by atoms with Gasteiger partial charge in [-0.15, -0.1) is 0 Å². The van der Waals surface area contributed by atoms with Crippen molar-refractivity contribution >= 4 is 0 Å². The minimum Gasteiger partial charge on any atom is -0.312 e. The Bertz CT molecular complexity index is 602. The fourth-order valence-corrected chi connectivity index (χ4v) is 2.54. The van der Waals surface area contributed by atoms with Gasteiger partial charge >= 0.3 is 0 Å². The van der Waals surface area contributed by atoms with E-state index in [9.17, 15) is 0 Å². The van der Waals surface area contributed by atoms with Crippen molar-refractivity contribution in [3.8, 4) is 11.3 Å². The quantitative estimate of drug-likeness (QED) is 0.889. The summed E-state index contributed by atoms with van der Waals surface area (Å²) in [5.74, 6) is 1.60. The molecule has 1 aliphatic carbocycles. The lowest BCUT2D eigenvalue weighted by Gasteiger charge is -2.17. The van der Waals surface area contributed by atoms with Crippen LogP contribution in [-0.2, 0) is 13.0 Å². The highest BCUT2D eigenvalue weighted by molar-refractivity contribution is 5.58. The topological polar surface area (TPSA) is 50.7 Å². The monoisotopic (exact) mass is 252 g/mol. The summed E-state index contributed by atoms with van der Waals surface area (Å²) >= 11 is 0. The van der Waals surface area contributed by atoms with Gasteiger partial charge in [-0.05, 0) is 43.0 Å². The molecule has 19 heavy (non-hydrogen) atoms. The fraction of sp³-hybridized carbons (Fsp3) is 0.400. The highest BCUT2D eigenvalue weighted by Gasteiger charge is 2.26. The van der Waals surface area contributed by atoms with Crippen LogP contribution in [0, 0.1) is 0 Å². The molecule has 1 aliphatic heterocycles. The molecule has 3 heterocycles. The smallest absolute Gasteiger partial charge is 0.131 e. The standard InChI is InChI=1S/C15H16N4/c1-2-10(1)15-18-8-13(9-19-15)14-5-11-3-4-16-6-12(11)7-17-14/h5,7-10,16H,1-4,6H2. The number of pyridine rings is 1. The third-order valence-electron chi connectivity index (χ3n) is 3.88. The summed E-state index contributed by atoms with van der Waals surface area (Å²) in [6.45, 7) is 1.98. The van der Waals surface area contributed by atoms with Crippen LogP contribution >= 0.6 is 0 Å². The lowest BCUT2D eigenvalue weighted by molar-refractivity contribution is 0.641. The molecule has 0 amide bonds. The van der Waals surface area contributed by atoms with E-state index in [2.05, 4.69) is 26.3 Å². The molecule has 0 atom stereocenters. The molecule has 2 aromatic rings. The van der Waals surface area contributed by atoms with Crippen LogP contribution in [0.25, 0.3) is 11.3 Å². The van der Waals surface area contributed by atoms with Crippen LogP contribution in [0.15, 0.2) is 24.7 Å². The summed E-state index contributed by atoms with van der Waals surface area (Å²) in [4.78, 5) is 13.5. The first kappa shape index (κ1) is 11.1. The second-order valence-electron chi connectivity index (χ2n) is 5.37. The van der Waals surface area contributed by atoms with Gasteiger partial charge in [-0.25, -0.2) is 9.97 Å². The van der Waals surface area contributed by atoms with E-state index < -0.39 is 0 Å². The molecule has 4 heteroatoms. The molecule has 0 saturated heterocycles. The molecule has 0 bridgehead atoms. The molecule has 1 N–H and O–H groups in total. The molecular weight excluding hydrogens is 236 g/mol. The molecule has 4 rings (SSSR count). The Balaban J connectivity index is 1.67. The minimum absolute atomic E-state index is 0.608. The number of aromatic nitrogens is 3. The van der Waals surface area contributed by atoms with Gasteiger partial charge in [0, 0.05) is 36.6 Å². The number of fused-ring (bicyclic) bond motifs is 1. The van der Waals surface area contributed by atoms with E-state index >= 15 is 0 Å². The first-order chi connectivity index (χ1) is 9.40. The van der Waals surface area contributed by atoms with Crippen molar-refractivity contribution in [3.05, 3.63) is 41.6 Å². The Morgan fingerprint density at radius 3 is 2.63 bits per heavy atom. The zero-order valence-electron chi connectivity index (χ0n) is 10.8. The summed E-state index contributed by atoms with van der Waals surface area (Å²) in [6, 6.07) is 2.19. The summed E-state index contributed by atoms with van der Waals surface area (Å²) in [6.07, 6.45) is 9.36. The van der Waals surface area contributed by atoms with Crippen LogP contribution in [0.3, 0.4) is 0 Å². The minimum atomic E-state index is 0.608. The highest BCUT2D eigenvalue weighted by atomic mass is 14.9. The summed E-state index contributed by atoms with van der Waals surface area (Å²) in [7, 11) is 0. The summed E-state index contributed by atoms with van der Waals surface area (Å²) < 4.78 is 0. The molecule has 0 aromatic carbocycles. The molecule has 96 valence electrons. The third kappa shape index (κ3) is 2.12. The van der Waals surface area contributed by atoms with Crippen LogP contribution in [-0.4, -0.2) is 21.5 Å². The molecule has 1 fully saturated rings. The fourth-order valence-electron chi connectivity index (χ4n) is 2.54. The van der Waals surface area contributed by atoms with Crippen LogP contribution in [0.5, 0.6) is 0 Å². The predicted molar refractivity (Wildman–Crippen MR) is 72.6 cm³/mol. The number of nitrogens with zero attached hydrogens (tertiary/aromatic N) is 3. The Hall–Kier alpha value is -1.81. The van der Waals surface area contributed by atoms with Crippen molar-refractivity contribution < 1.29 is 0 Å². The van der Waals surface area contributed by atoms with Crippen molar-refractivity contribution in [2.75, 3.05) is 6.54 Å². The van der Waals surface area contributed by atoms with Gasteiger partial charge in [0.15, 0.2) is 0 Å². The van der Waals surface area contributed by atoms with Gasteiger partial charge in [0.25, 0.3) is 0 Å². The van der Waals surface area contributed by atoms with Crippen LogP contribution < -0.4 is 5.32 Å². The van der Waals surface area contributed by atoms with Crippen LogP contribution in [0.1, 0.15) is 35.7 Å². The van der Waals surface area contributed by atoms with Crippen molar-refractivity contribution in [1.29, 1.82) is 0 Å². The van der Waals surface area contributed by atoms with Gasteiger partial charge in [-0.2, -0.15) is 0 Å². The molecule has 2 aromatic heterocycles. The Kier molecular flexibility index (Phi) is 2.55. The Labute approximate surface area is 112 Å². The van der Waals surface area contributed by atoms with E-state index in [4.69, 9.17) is 0 Å². The molecule has 2 aliphatic rings. The largest absolute Gasteiger partial charge is 0.312 e. The normalized spacial score (nSPS) is 18.1. The van der Waals surface area contributed by atoms with E-state index in [0.29, 0.717) is 5.92 Å². The van der Waals surface area contributed by atoms with Crippen molar-refractivity contribution in [2.24, 2.45) is 0 Å². The highest BCUT2D eigenvalue weighted by Crippen LogP contribution is 2.37. The van der Waals surface area contributed by atoms with Gasteiger partial charge in [-0.3, -0.25) is 4.98 Å². The Morgan fingerprint density at radius 2 is 1.84 bits per heavy atom. The van der Waals surface area contributed by atoms with E-state index in [1.807, 2.05) is 18.6 Å². The van der Waals surface area contributed by atoms with Gasteiger partial charge in [0.1, 0.15) is 5.82 Å². The van der Waals surface area contributed by atoms with E-state index in [1.54, 1.807) is 0 Å². The molecule has 1 saturated carbocycles. The maximum atomic E-state index is 4.53. The van der Waals surface area contributed by atoms with Crippen LogP contribution in [0.2, 0.25) is 0 Å². The predicted octanol–water partition coefficient (Wildman–Crippen LogP) is 2.06. The lowest BCUT2D eigenvalue weighted by atomic mass is 10.0. The summed E-state index contributed by atoms with van der Waals surface area (Å²) in [5, 5.41) is 3.36. The molecule has 0 radical (unpaired) electrons. The Morgan fingerprint density at radius 1 is 1.00 bits per heavy atom. The number of nitrogens with one attached hydrogen (secondary N) is 1. The van der Waals surface area contributed by atoms with Gasteiger partial charge in [-0.1, -0.05) is 0 Å². The SMILES string of the molecule is c1nc(C2CC2)ncc1-c1cc2c(cn1)CNCC2. The van der Waals surface area contributed by atoms with Crippen molar-refractivity contribution in [2.45, 2.75) is 31.7 Å². The second-order valence-corrected chi connectivity index (χ2v) is 5.37. The van der Waals surface area contributed by atoms with Crippen LogP contribution in [0.4, 0.5) is 0 Å². The van der Waals surface area contributed by atoms with Crippen molar-refractivity contribution in [1.82, 2.24) is 20.3 Å². The third-order valence-corrected chi connectivity index (χ3v) is 3.88. The number of hydrogen-bond acceptors (Lipinski definition) is 4. The lowest BCUT2D eigenvalue weighted by Crippen LogP contribution is -2.23. The number of rotatable bonds is 2. The molecule has 0 spiro atoms. The van der Waals surface area contributed by atoms with E-state index in [0.717, 1.165) is 36.6 Å². The van der Waals surface area contributed by atoms with Gasteiger partial charge < -0.3 is 5.32 Å². The van der Waals surface area contributed by atoms with Gasteiger partial charge in [0.2, 0.25) is 0 Å². The first-order valence-electron chi connectivity index (χ1n) is 6.91. The molecule has 4 nitrogen and oxygen atoms in total. The zero-order chi connectivity index (χ0) is 12.7. The van der Waals surface area contributed by atoms with Gasteiger partial charge in [0.05, 0.1) is 5.69 Å². The van der Waals surface area contributed by atoms with Crippen molar-refractivity contribution in [3.63, 3.8) is 0 Å². The first-order valence-corrected chi connectivity index (χ1v) is 6.91. The maximum Gasteiger partial charge on any atom is 0.131 e. The average Bonchev–Trinajstić information content (AvgIpc) is 3.32. The zero-order valence-corrected chi connectivity index (χ0v) is 10.8. The molecule has 0 unspecified atom stereocenters. The molecular formula is C15H16N4. The maximum absolute atomic E-state index is 4.53. The number of hydrogen-bond donors (Lipinski definition) is 1. The second kappa shape index (κ2) is 4.38. The summed E-state index contributed by atoms with van der Waals surface area (Å²) in [5.41, 5.74) is 4.72. The van der Waals surface area contributed by atoms with E-state index in [1.165, 1.54) is 24.0 Å². The average molecular weight is 252 g/mol. The van der Waals surface area contributed by atoms with E-state index in [-0.39, 0.29) is 0 Å².